The van der Waals surface area contributed by atoms with Gasteiger partial charge in [-0.25, -0.2) is 13.8 Å². The quantitative estimate of drug-likeness (QED) is 0.753. The topological polar surface area (TPSA) is 24.9 Å². The van der Waals surface area contributed by atoms with Crippen LogP contribution in [0.3, 0.4) is 0 Å². The fourth-order valence-electron chi connectivity index (χ4n) is 1.98. The third kappa shape index (κ3) is 2.63. The van der Waals surface area contributed by atoms with Crippen molar-refractivity contribution in [1.82, 2.24) is 4.98 Å². The van der Waals surface area contributed by atoms with Gasteiger partial charge in [0, 0.05) is 6.07 Å². The molecule has 0 aliphatic heterocycles. The Morgan fingerprint density at radius 1 is 1.05 bits per heavy atom. The van der Waals surface area contributed by atoms with Crippen molar-refractivity contribution in [3.63, 3.8) is 0 Å². The molecular weight excluding hydrogens is 278 g/mol. The molecule has 5 heteroatoms. The van der Waals surface area contributed by atoms with E-state index in [1.165, 1.54) is 35.6 Å². The summed E-state index contributed by atoms with van der Waals surface area (Å²) in [5.41, 5.74) is 1.61. The van der Waals surface area contributed by atoms with Crippen LogP contribution < -0.4 is 5.32 Å². The van der Waals surface area contributed by atoms with Crippen LogP contribution in [-0.4, -0.2) is 4.98 Å². The number of thiazole rings is 1. The fraction of sp³-hybridized carbons (Fsp3) is 0.133. The van der Waals surface area contributed by atoms with E-state index < -0.39 is 0 Å². The van der Waals surface area contributed by atoms with Crippen molar-refractivity contribution in [2.24, 2.45) is 0 Å². The summed E-state index contributed by atoms with van der Waals surface area (Å²) in [5, 5.41) is 3.97. The molecule has 0 aliphatic rings. The van der Waals surface area contributed by atoms with Crippen LogP contribution in [0, 0.1) is 11.6 Å². The number of halogens is 2. The summed E-state index contributed by atoms with van der Waals surface area (Å²) in [4.78, 5) is 4.35. The lowest BCUT2D eigenvalue weighted by atomic mass is 10.1. The zero-order valence-corrected chi connectivity index (χ0v) is 11.5. The van der Waals surface area contributed by atoms with Gasteiger partial charge in [-0.1, -0.05) is 23.5 Å². The summed E-state index contributed by atoms with van der Waals surface area (Å²) in [6.45, 7) is 1.97. The number of nitrogens with one attached hydrogen (secondary N) is 1. The van der Waals surface area contributed by atoms with Gasteiger partial charge in [0.05, 0.1) is 16.3 Å². The predicted octanol–water partition coefficient (Wildman–Crippen LogP) is 4.75. The molecule has 2 nitrogen and oxygen atoms in total. The van der Waals surface area contributed by atoms with Gasteiger partial charge in [-0.05, 0) is 36.8 Å². The Morgan fingerprint density at radius 2 is 1.75 bits per heavy atom. The molecule has 0 bridgehead atoms. The second kappa shape index (κ2) is 5.17. The molecule has 1 unspecified atom stereocenters. The van der Waals surface area contributed by atoms with Gasteiger partial charge < -0.3 is 5.32 Å². The number of hydrogen-bond donors (Lipinski definition) is 1. The van der Waals surface area contributed by atoms with Crippen molar-refractivity contribution in [2.75, 3.05) is 5.32 Å². The van der Waals surface area contributed by atoms with E-state index in [9.17, 15) is 8.78 Å². The molecule has 0 saturated carbocycles. The second-order valence-corrected chi connectivity index (χ2v) is 5.58. The van der Waals surface area contributed by atoms with Gasteiger partial charge in [0.2, 0.25) is 0 Å². The van der Waals surface area contributed by atoms with Crippen LogP contribution >= 0.6 is 11.3 Å². The van der Waals surface area contributed by atoms with Crippen LogP contribution in [0.4, 0.5) is 13.9 Å². The summed E-state index contributed by atoms with van der Waals surface area (Å²) < 4.78 is 26.9. The highest BCUT2D eigenvalue weighted by atomic mass is 32.1. The lowest BCUT2D eigenvalue weighted by Crippen LogP contribution is -2.06. The minimum atomic E-state index is -0.291. The molecule has 1 heterocycles. The zero-order chi connectivity index (χ0) is 14.1. The maximum Gasteiger partial charge on any atom is 0.184 e. The fourth-order valence-corrected chi connectivity index (χ4v) is 2.92. The number of anilines is 1. The van der Waals surface area contributed by atoms with E-state index in [-0.39, 0.29) is 17.7 Å². The monoisotopic (exact) mass is 290 g/mol. The molecule has 0 saturated heterocycles. The van der Waals surface area contributed by atoms with E-state index >= 15 is 0 Å². The normalized spacial score (nSPS) is 12.6. The Kier molecular flexibility index (Phi) is 3.36. The summed E-state index contributed by atoms with van der Waals surface area (Å²) in [6.07, 6.45) is 0. The van der Waals surface area contributed by atoms with E-state index in [0.29, 0.717) is 5.52 Å². The molecule has 3 aromatic rings. The van der Waals surface area contributed by atoms with E-state index in [0.717, 1.165) is 15.4 Å². The molecule has 1 aromatic heterocycles. The van der Waals surface area contributed by atoms with Gasteiger partial charge in [-0.15, -0.1) is 0 Å². The molecule has 0 spiro atoms. The van der Waals surface area contributed by atoms with E-state index in [4.69, 9.17) is 0 Å². The number of fused-ring (bicyclic) bond motifs is 1. The molecule has 20 heavy (non-hydrogen) atoms. The number of hydrogen-bond acceptors (Lipinski definition) is 3. The predicted molar refractivity (Wildman–Crippen MR) is 78.0 cm³/mol. The van der Waals surface area contributed by atoms with Crippen molar-refractivity contribution in [1.29, 1.82) is 0 Å². The first kappa shape index (κ1) is 13.0. The summed E-state index contributed by atoms with van der Waals surface area (Å²) >= 11 is 1.47. The van der Waals surface area contributed by atoms with Crippen molar-refractivity contribution in [2.45, 2.75) is 13.0 Å². The molecule has 0 fully saturated rings. The Balaban J connectivity index is 1.83. The van der Waals surface area contributed by atoms with E-state index in [2.05, 4.69) is 10.3 Å². The molecule has 1 N–H and O–H groups in total. The first-order chi connectivity index (χ1) is 9.61. The van der Waals surface area contributed by atoms with Gasteiger partial charge in [-0.2, -0.15) is 0 Å². The minimum Gasteiger partial charge on any atom is -0.355 e. The Hall–Kier alpha value is -2.01. The van der Waals surface area contributed by atoms with Gasteiger partial charge in [-0.3, -0.25) is 0 Å². The SMILES string of the molecule is CC(Nc1nc2cc(F)ccc2s1)c1ccc(F)cc1. The molecule has 1 atom stereocenters. The molecule has 0 amide bonds. The lowest BCUT2D eigenvalue weighted by Gasteiger charge is -2.12. The maximum absolute atomic E-state index is 13.1. The summed E-state index contributed by atoms with van der Waals surface area (Å²) in [6, 6.07) is 10.9. The highest BCUT2D eigenvalue weighted by molar-refractivity contribution is 7.22. The Bertz CT molecular complexity index is 737. The highest BCUT2D eigenvalue weighted by Crippen LogP contribution is 2.29. The third-order valence-corrected chi connectivity index (χ3v) is 4.03. The average molecular weight is 290 g/mol. The number of benzene rings is 2. The summed E-state index contributed by atoms with van der Waals surface area (Å²) in [5.74, 6) is -0.544. The molecule has 102 valence electrons. The van der Waals surface area contributed by atoms with Crippen LogP contribution in [0.1, 0.15) is 18.5 Å². The molecule has 0 aliphatic carbocycles. The van der Waals surface area contributed by atoms with Crippen LogP contribution in [-0.2, 0) is 0 Å². The first-order valence-electron chi connectivity index (χ1n) is 6.20. The van der Waals surface area contributed by atoms with E-state index in [1.54, 1.807) is 18.2 Å². The highest BCUT2D eigenvalue weighted by Gasteiger charge is 2.09. The molecule has 2 aromatic carbocycles. The van der Waals surface area contributed by atoms with E-state index in [1.807, 2.05) is 6.92 Å². The molecular formula is C15H12F2N2S. The van der Waals surface area contributed by atoms with Crippen LogP contribution in [0.2, 0.25) is 0 Å². The Morgan fingerprint density at radius 3 is 2.50 bits per heavy atom. The van der Waals surface area contributed by atoms with Crippen molar-refractivity contribution in [3.8, 4) is 0 Å². The van der Waals surface area contributed by atoms with Crippen molar-refractivity contribution in [3.05, 3.63) is 59.7 Å². The van der Waals surface area contributed by atoms with Gasteiger partial charge in [0.1, 0.15) is 11.6 Å². The lowest BCUT2D eigenvalue weighted by molar-refractivity contribution is 0.626. The smallest absolute Gasteiger partial charge is 0.184 e. The standard InChI is InChI=1S/C15H12F2N2S/c1-9(10-2-4-11(16)5-3-10)18-15-19-13-8-12(17)6-7-14(13)20-15/h2-9H,1H3,(H,18,19). The maximum atomic E-state index is 13.1. The summed E-state index contributed by atoms with van der Waals surface area (Å²) in [7, 11) is 0. The van der Waals surface area contributed by atoms with Gasteiger partial charge in [0.25, 0.3) is 0 Å². The van der Waals surface area contributed by atoms with Crippen LogP contribution in [0.25, 0.3) is 10.2 Å². The zero-order valence-electron chi connectivity index (χ0n) is 10.7. The van der Waals surface area contributed by atoms with Crippen LogP contribution in [0.5, 0.6) is 0 Å². The number of aromatic nitrogens is 1. The number of nitrogens with zero attached hydrogens (tertiary/aromatic N) is 1. The molecule has 3 rings (SSSR count). The second-order valence-electron chi connectivity index (χ2n) is 4.55. The van der Waals surface area contributed by atoms with Crippen molar-refractivity contribution >= 4 is 26.7 Å². The number of rotatable bonds is 3. The van der Waals surface area contributed by atoms with Crippen molar-refractivity contribution < 1.29 is 8.78 Å². The third-order valence-electron chi connectivity index (χ3n) is 3.06. The van der Waals surface area contributed by atoms with Gasteiger partial charge >= 0.3 is 0 Å². The Labute approximate surface area is 119 Å². The largest absolute Gasteiger partial charge is 0.355 e. The molecule has 0 radical (unpaired) electrons. The first-order valence-corrected chi connectivity index (χ1v) is 7.01. The average Bonchev–Trinajstić information content (AvgIpc) is 2.80. The minimum absolute atomic E-state index is 0.000934. The van der Waals surface area contributed by atoms with Crippen LogP contribution in [0.15, 0.2) is 42.5 Å². The van der Waals surface area contributed by atoms with Gasteiger partial charge in [0.15, 0.2) is 5.13 Å².